The second-order valence-corrected chi connectivity index (χ2v) is 12.4. The zero-order chi connectivity index (χ0) is 34.0. The Morgan fingerprint density at radius 1 is 0.617 bits per heavy atom. The van der Waals surface area contributed by atoms with Crippen molar-refractivity contribution in [2.24, 2.45) is 0 Å². The van der Waals surface area contributed by atoms with Gasteiger partial charge in [-0.3, -0.25) is 0 Å². The van der Waals surface area contributed by atoms with Gasteiger partial charge in [0.25, 0.3) is 0 Å². The second-order valence-electron chi connectivity index (χ2n) is 12.4. The highest BCUT2D eigenvalue weighted by Gasteiger charge is 2.48. The lowest BCUT2D eigenvalue weighted by Crippen LogP contribution is -2.48. The Balaban J connectivity index is 2.30. The van der Waals surface area contributed by atoms with E-state index in [1.165, 1.54) is 0 Å². The van der Waals surface area contributed by atoms with Crippen molar-refractivity contribution in [3.63, 3.8) is 0 Å². The van der Waals surface area contributed by atoms with Gasteiger partial charge in [0.2, 0.25) is 0 Å². The molecular formula is C38H68O9. The first-order valence-corrected chi connectivity index (χ1v) is 18.6. The highest BCUT2D eigenvalue weighted by molar-refractivity contribution is 5.13. The molecule has 1 fully saturated rings. The number of unbranched alkanes of at least 4 members (excludes halogenated alkanes) is 5. The van der Waals surface area contributed by atoms with Crippen molar-refractivity contribution < 1.29 is 42.6 Å². The van der Waals surface area contributed by atoms with E-state index in [1.807, 2.05) is 18.2 Å². The lowest BCUT2D eigenvalue weighted by atomic mass is 10.1. The van der Waals surface area contributed by atoms with Crippen LogP contribution in [0.5, 0.6) is 0 Å². The number of hydrogen-bond acceptors (Lipinski definition) is 9. The molecule has 9 nitrogen and oxygen atoms in total. The van der Waals surface area contributed by atoms with Gasteiger partial charge in [-0.1, -0.05) is 97.1 Å². The molecule has 0 N–H and O–H groups in total. The topological polar surface area (TPSA) is 83.1 Å². The molecule has 1 aromatic carbocycles. The quantitative estimate of drug-likeness (QED) is 0.0747. The Morgan fingerprint density at radius 2 is 1.19 bits per heavy atom. The predicted octanol–water partition coefficient (Wildman–Crippen LogP) is 7.52. The van der Waals surface area contributed by atoms with Crippen molar-refractivity contribution in [3.8, 4) is 0 Å². The fourth-order valence-corrected chi connectivity index (χ4v) is 5.32. The first-order valence-electron chi connectivity index (χ1n) is 18.6. The van der Waals surface area contributed by atoms with Gasteiger partial charge in [-0.2, -0.15) is 0 Å². The summed E-state index contributed by atoms with van der Waals surface area (Å²) in [7, 11) is 1.70. The minimum Gasteiger partial charge on any atom is -0.382 e. The van der Waals surface area contributed by atoms with E-state index in [4.69, 9.17) is 42.6 Å². The minimum absolute atomic E-state index is 0.255. The highest BCUT2D eigenvalue weighted by atomic mass is 16.7. The Hall–Kier alpha value is -1.14. The van der Waals surface area contributed by atoms with Crippen molar-refractivity contribution in [1.82, 2.24) is 0 Å². The predicted molar refractivity (Wildman–Crippen MR) is 186 cm³/mol. The fraction of sp³-hybridized carbons (Fsp3) is 0.842. The van der Waals surface area contributed by atoms with Crippen molar-refractivity contribution in [3.05, 3.63) is 35.9 Å². The molecule has 0 spiro atoms. The molecule has 1 aliphatic rings. The Morgan fingerprint density at radius 3 is 1.81 bits per heavy atom. The largest absolute Gasteiger partial charge is 0.382 e. The Labute approximate surface area is 286 Å². The van der Waals surface area contributed by atoms with Crippen LogP contribution in [0.15, 0.2) is 30.3 Å². The van der Waals surface area contributed by atoms with E-state index in [0.717, 1.165) is 69.8 Å². The van der Waals surface area contributed by atoms with Gasteiger partial charge in [-0.25, -0.2) is 0 Å². The average molecular weight is 669 g/mol. The molecule has 2 rings (SSSR count). The smallest absolute Gasteiger partial charge is 0.187 e. The van der Waals surface area contributed by atoms with Crippen molar-refractivity contribution >= 4 is 0 Å². The lowest BCUT2D eigenvalue weighted by molar-refractivity contribution is -0.218. The first-order chi connectivity index (χ1) is 23.1. The summed E-state index contributed by atoms with van der Waals surface area (Å²) in [6.07, 6.45) is 7.22. The average Bonchev–Trinajstić information content (AvgIpc) is 3.42. The molecule has 1 heterocycles. The van der Waals surface area contributed by atoms with Crippen molar-refractivity contribution in [1.29, 1.82) is 0 Å². The number of hydrogen-bond donors (Lipinski definition) is 0. The fourth-order valence-electron chi connectivity index (χ4n) is 5.32. The Kier molecular flexibility index (Phi) is 24.7. The maximum Gasteiger partial charge on any atom is 0.187 e. The zero-order valence-corrected chi connectivity index (χ0v) is 30.5. The van der Waals surface area contributed by atoms with Gasteiger partial charge in [-0.05, 0) is 37.7 Å². The molecule has 0 saturated carbocycles. The van der Waals surface area contributed by atoms with Crippen LogP contribution in [0.25, 0.3) is 0 Å². The van der Waals surface area contributed by atoms with Crippen LogP contribution in [0.3, 0.4) is 0 Å². The van der Waals surface area contributed by atoms with E-state index in [1.54, 1.807) is 7.11 Å². The van der Waals surface area contributed by atoms with Gasteiger partial charge in [0.05, 0.1) is 26.4 Å². The van der Waals surface area contributed by atoms with Gasteiger partial charge in [0.1, 0.15) is 36.6 Å². The number of methoxy groups -OCH3 is 1. The molecule has 1 saturated heterocycles. The second kappa shape index (κ2) is 27.7. The summed E-state index contributed by atoms with van der Waals surface area (Å²) in [6, 6.07) is 10.2. The van der Waals surface area contributed by atoms with Crippen molar-refractivity contribution in [2.75, 3.05) is 60.0 Å². The molecule has 4 unspecified atom stereocenters. The van der Waals surface area contributed by atoms with Crippen molar-refractivity contribution in [2.45, 2.75) is 148 Å². The summed E-state index contributed by atoms with van der Waals surface area (Å²) in [5.41, 5.74) is 1.10. The monoisotopic (exact) mass is 668 g/mol. The van der Waals surface area contributed by atoms with Gasteiger partial charge < -0.3 is 42.6 Å². The Bertz CT molecular complexity index is 829. The van der Waals surface area contributed by atoms with E-state index in [0.29, 0.717) is 52.9 Å². The third kappa shape index (κ3) is 16.9. The molecule has 9 heteroatoms. The van der Waals surface area contributed by atoms with Crippen LogP contribution in [-0.4, -0.2) is 103 Å². The molecule has 0 aliphatic carbocycles. The molecule has 1 aliphatic heterocycles. The van der Waals surface area contributed by atoms with E-state index in [9.17, 15) is 0 Å². The van der Waals surface area contributed by atoms with Crippen LogP contribution in [0.4, 0.5) is 0 Å². The van der Waals surface area contributed by atoms with Gasteiger partial charge in [0.15, 0.2) is 6.29 Å². The maximum atomic E-state index is 6.64. The summed E-state index contributed by atoms with van der Waals surface area (Å²) < 4.78 is 57.3. The van der Waals surface area contributed by atoms with Gasteiger partial charge >= 0.3 is 0 Å². The van der Waals surface area contributed by atoms with Crippen LogP contribution in [0.1, 0.15) is 104 Å². The van der Waals surface area contributed by atoms with E-state index in [2.05, 4.69) is 46.8 Å². The molecule has 274 valence electrons. The third-order valence-corrected chi connectivity index (χ3v) is 8.24. The van der Waals surface area contributed by atoms with Crippen LogP contribution in [-0.2, 0) is 49.2 Å². The zero-order valence-electron chi connectivity index (χ0n) is 30.5. The molecule has 1 aromatic rings. The molecule has 0 amide bonds. The SMILES string of the molecule is CCCCOC[C@H]1O[C@@H](OCC(OCCCC)C(OCCCC)C(COC)OCCCC)[C@@H](OCCCC)C1OCc1ccccc1. The molecular weight excluding hydrogens is 600 g/mol. The molecule has 0 radical (unpaired) electrons. The van der Waals surface area contributed by atoms with Crippen LogP contribution in [0.2, 0.25) is 0 Å². The summed E-state index contributed by atoms with van der Waals surface area (Å²) in [4.78, 5) is 0. The number of rotatable bonds is 31. The lowest BCUT2D eigenvalue weighted by Gasteiger charge is -2.34. The van der Waals surface area contributed by atoms with Crippen LogP contribution >= 0.6 is 0 Å². The molecule has 0 aromatic heterocycles. The summed E-state index contributed by atoms with van der Waals surface area (Å²) in [5.74, 6) is 0. The minimum atomic E-state index is -0.650. The number of benzene rings is 1. The molecule has 47 heavy (non-hydrogen) atoms. The summed E-state index contributed by atoms with van der Waals surface area (Å²) >= 11 is 0. The first kappa shape index (κ1) is 42.0. The molecule has 0 bridgehead atoms. The maximum absolute atomic E-state index is 6.64. The van der Waals surface area contributed by atoms with E-state index >= 15 is 0 Å². The highest BCUT2D eigenvalue weighted by Crippen LogP contribution is 2.30. The summed E-state index contributed by atoms with van der Waals surface area (Å²) in [6.45, 7) is 15.5. The molecule has 7 atom stereocenters. The normalized spacial score (nSPS) is 21.7. The van der Waals surface area contributed by atoms with Crippen LogP contribution in [0, 0.1) is 0 Å². The summed E-state index contributed by atoms with van der Waals surface area (Å²) in [5, 5.41) is 0. The van der Waals surface area contributed by atoms with E-state index in [-0.39, 0.29) is 37.1 Å². The number of ether oxygens (including phenoxy) is 9. The van der Waals surface area contributed by atoms with Crippen LogP contribution < -0.4 is 0 Å². The van der Waals surface area contributed by atoms with Gasteiger partial charge in [-0.15, -0.1) is 0 Å². The standard InChI is InChI=1S/C38H68O9/c1-7-12-22-40-29-34-36(45-27-31-20-18-17-19-21-31)37(44-26-16-11-5)38(47-34)46-30-33(42-24-14-9-3)35(43-25-15-10-4)32(28-39-6)41-23-13-8-2/h17-21,32-38H,7-16,22-30H2,1-6H3/t32?,33?,34-,35?,36?,37+,38-/m1/s1. The van der Waals surface area contributed by atoms with Gasteiger partial charge in [0, 0.05) is 40.1 Å². The third-order valence-electron chi connectivity index (χ3n) is 8.24. The van der Waals surface area contributed by atoms with E-state index < -0.39 is 12.4 Å².